The van der Waals surface area contributed by atoms with Gasteiger partial charge in [-0.3, -0.25) is 24.0 Å². The number of hydrogen-bond donors (Lipinski definition) is 8. The van der Waals surface area contributed by atoms with Crippen molar-refractivity contribution >= 4 is 97.4 Å². The second kappa shape index (κ2) is 39.1. The number of nitrogens with one attached hydrogen (secondary N) is 4. The van der Waals surface area contributed by atoms with Gasteiger partial charge >= 0.3 is 0 Å². The van der Waals surface area contributed by atoms with Crippen molar-refractivity contribution in [3.8, 4) is 0 Å². The molecule has 16 rings (SSSR count). The van der Waals surface area contributed by atoms with Gasteiger partial charge < -0.3 is 78.5 Å². The van der Waals surface area contributed by atoms with E-state index in [1.165, 1.54) is 172 Å². The number of piperidine rings is 6. The first-order valence-corrected chi connectivity index (χ1v) is 43.7. The Morgan fingerprint density at radius 1 is 0.407 bits per heavy atom. The average molecular weight is 1610 g/mol. The molecule has 3 aromatic heterocycles. The Morgan fingerprint density at radius 3 is 1.12 bits per heavy atom. The van der Waals surface area contributed by atoms with Crippen molar-refractivity contribution in [2.24, 2.45) is 22.9 Å². The van der Waals surface area contributed by atoms with Crippen molar-refractivity contribution in [2.45, 2.75) is 234 Å². The van der Waals surface area contributed by atoms with Crippen LogP contribution in [0.5, 0.6) is 0 Å². The van der Waals surface area contributed by atoms with Crippen molar-refractivity contribution in [1.29, 1.82) is 0 Å². The van der Waals surface area contributed by atoms with Gasteiger partial charge in [-0.25, -0.2) is 29.9 Å². The second-order valence-corrected chi connectivity index (χ2v) is 34.1. The van der Waals surface area contributed by atoms with Crippen LogP contribution >= 0.6 is 15.9 Å². The average Bonchev–Trinajstić information content (AvgIpc) is 1.72. The van der Waals surface area contributed by atoms with Crippen LogP contribution in [0.25, 0.3) is 0 Å². The van der Waals surface area contributed by atoms with Gasteiger partial charge in [0, 0.05) is 117 Å². The van der Waals surface area contributed by atoms with E-state index in [1.54, 1.807) is 18.6 Å². The second-order valence-electron chi connectivity index (χ2n) is 33.3. The van der Waals surface area contributed by atoms with E-state index in [0.717, 1.165) is 131 Å². The molecule has 10 aliphatic rings. The Labute approximate surface area is 675 Å². The van der Waals surface area contributed by atoms with Crippen LogP contribution < -0.4 is 58.9 Å². The number of halogens is 1. The standard InChI is InChI=1S/C30H42BrN7O2.C30H41N7O2.C26H37N7O/c31-15-3-8-27(39)34-24-5-4-16-38(20-24)26-19-33-28(29(32)40)30(36-26)35-23-11-9-21(10-12-23)22-13-17-37(18-14-22)25-6-1-2-7-25;31-29(39)28-30(34-26(19-32-28)36-15-3-7-25(20-36)37-16-4-8-27(37)38)33-23-11-9-21(10-12-23)22-13-17-35(18-14-22)24-5-1-2-6-24;27-20-4-3-13-33(17-20)23-16-29-24(25(28)34)26(31-23)30-21-9-7-18(8-10-21)19-11-14-32(15-12-19)22-5-1-2-6-22/h9-12,19,22,24-25H,1-8,13-18,20H2,(H2,32,40)(H,34,39)(H,35,36);9-12,19,22,24-25H,1-8,13-18,20H2,(H2,31,39)(H,33,34);7-10,16,19-20,22H,1-6,11-15,17,27H2,(H2,28,34)(H,30,31)/t24-;25-;20-/m111/s1. The third-order valence-corrected chi connectivity index (χ3v) is 26.3. The number of nitrogens with two attached hydrogens (primary N) is 4. The third kappa shape index (κ3) is 21.3. The van der Waals surface area contributed by atoms with Crippen LogP contribution in [0.4, 0.5) is 52.0 Å². The highest BCUT2D eigenvalue weighted by Crippen LogP contribution is 2.39. The molecule has 10 heterocycles. The van der Waals surface area contributed by atoms with Crippen LogP contribution in [0.2, 0.25) is 0 Å². The molecule has 7 saturated heterocycles. The van der Waals surface area contributed by atoms with Crippen molar-refractivity contribution in [3.63, 3.8) is 0 Å². The first kappa shape index (κ1) is 81.0. The fraction of sp³-hybridized carbons (Fsp3) is 0.593. The molecule has 0 unspecified atom stereocenters. The largest absolute Gasteiger partial charge is 0.364 e. The minimum absolute atomic E-state index is 0.0585. The van der Waals surface area contributed by atoms with Gasteiger partial charge in [0.2, 0.25) is 11.8 Å². The van der Waals surface area contributed by atoms with E-state index in [1.807, 2.05) is 4.90 Å². The summed E-state index contributed by atoms with van der Waals surface area (Å²) in [4.78, 5) is 105. The fourth-order valence-corrected chi connectivity index (χ4v) is 19.7. The first-order valence-electron chi connectivity index (χ1n) is 42.6. The number of carbonyl (C=O) groups is 5. The van der Waals surface area contributed by atoms with Crippen LogP contribution in [0.15, 0.2) is 91.4 Å². The maximum absolute atomic E-state index is 12.3. The van der Waals surface area contributed by atoms with Crippen LogP contribution in [0, 0.1) is 0 Å². The number of amides is 5. The van der Waals surface area contributed by atoms with Gasteiger partial charge in [-0.05, 0) is 239 Å². The molecule has 0 bridgehead atoms. The van der Waals surface area contributed by atoms with E-state index in [2.05, 4.69) is 154 Å². The number of primary amides is 3. The zero-order valence-electron chi connectivity index (χ0n) is 66.1. The summed E-state index contributed by atoms with van der Waals surface area (Å²) in [5.41, 5.74) is 30.1. The number of aromatic nitrogens is 6. The molecule has 27 heteroatoms. The number of likely N-dealkylation sites (tertiary alicyclic amines) is 4. The zero-order valence-corrected chi connectivity index (χ0v) is 67.7. The number of nitrogens with zero attached hydrogens (tertiary/aromatic N) is 13. The van der Waals surface area contributed by atoms with Gasteiger partial charge in [-0.2, -0.15) is 0 Å². The maximum Gasteiger partial charge on any atom is 0.271 e. The van der Waals surface area contributed by atoms with E-state index in [4.69, 9.17) is 37.9 Å². The minimum atomic E-state index is -0.622. The number of anilines is 9. The van der Waals surface area contributed by atoms with Crippen LogP contribution in [0.1, 0.15) is 246 Å². The molecule has 0 spiro atoms. The molecule has 7 aliphatic heterocycles. The molecule has 10 fully saturated rings. The number of alkyl halides is 1. The summed E-state index contributed by atoms with van der Waals surface area (Å²) in [6.45, 7) is 12.7. The maximum atomic E-state index is 12.3. The van der Waals surface area contributed by atoms with Crippen molar-refractivity contribution in [3.05, 3.63) is 125 Å². The Hall–Kier alpha value is -8.63. The Balaban J connectivity index is 0.000000141. The number of hydrogen-bond acceptors (Lipinski definition) is 21. The zero-order chi connectivity index (χ0) is 78.2. The number of rotatable bonds is 23. The topological polar surface area (TPSA) is 338 Å². The predicted molar refractivity (Wildman–Crippen MR) is 450 cm³/mol. The van der Waals surface area contributed by atoms with Gasteiger partial charge in [0.05, 0.1) is 18.6 Å². The summed E-state index contributed by atoms with van der Waals surface area (Å²) in [6.07, 6.45) is 37.5. The van der Waals surface area contributed by atoms with Gasteiger partial charge in [0.15, 0.2) is 34.5 Å². The highest BCUT2D eigenvalue weighted by Gasteiger charge is 2.35. The van der Waals surface area contributed by atoms with Gasteiger partial charge in [0.1, 0.15) is 17.5 Å². The minimum Gasteiger partial charge on any atom is -0.364 e. The van der Waals surface area contributed by atoms with Crippen LogP contribution in [0.3, 0.4) is 0 Å². The van der Waals surface area contributed by atoms with E-state index < -0.39 is 17.7 Å². The monoisotopic (exact) mass is 1610 g/mol. The van der Waals surface area contributed by atoms with Gasteiger partial charge in [-0.1, -0.05) is 90.9 Å². The molecule has 3 aromatic carbocycles. The Bertz CT molecular complexity index is 4140. The summed E-state index contributed by atoms with van der Waals surface area (Å²) < 4.78 is 0. The van der Waals surface area contributed by atoms with E-state index in [9.17, 15) is 24.0 Å². The molecule has 26 nitrogen and oxygen atoms in total. The van der Waals surface area contributed by atoms with E-state index >= 15 is 0 Å². The smallest absolute Gasteiger partial charge is 0.271 e. The highest BCUT2D eigenvalue weighted by molar-refractivity contribution is 9.09. The molecular formula is C86H120BrN21O5. The highest BCUT2D eigenvalue weighted by atomic mass is 79.9. The molecule has 6 aromatic rings. The molecule has 5 amide bonds. The summed E-state index contributed by atoms with van der Waals surface area (Å²) in [7, 11) is 0. The van der Waals surface area contributed by atoms with Crippen molar-refractivity contribution in [1.82, 2.24) is 54.8 Å². The summed E-state index contributed by atoms with van der Waals surface area (Å²) in [5.74, 6) is 3.48. The molecule has 3 atom stereocenters. The molecule has 12 N–H and O–H groups in total. The lowest BCUT2D eigenvalue weighted by molar-refractivity contribution is -0.129. The fourth-order valence-electron chi connectivity index (χ4n) is 19.4. The molecule has 0 radical (unpaired) electrons. The van der Waals surface area contributed by atoms with Crippen LogP contribution in [-0.2, 0) is 9.59 Å². The quantitative estimate of drug-likeness (QED) is 0.0276. The molecule has 113 heavy (non-hydrogen) atoms. The lowest BCUT2D eigenvalue weighted by Crippen LogP contribution is -2.48. The summed E-state index contributed by atoms with van der Waals surface area (Å²) in [5, 5.41) is 13.8. The SMILES string of the molecule is NC(=O)c1ncc(N2CCC[C@@H](N)C2)nc1Nc1ccc(C2CCN(C3CCCC3)CC2)cc1.NC(=O)c1ncc(N2CCC[C@@H](N3CCCC3=O)C2)nc1Nc1ccc(C2CCN(C3CCCC3)CC2)cc1.NC(=O)c1ncc(N2CCC[C@@H](NC(=O)CCCBr)C2)nc1Nc1ccc(C2CCN(C3CCCC3)CC2)cc1. The normalized spacial score (nSPS) is 22.4. The van der Waals surface area contributed by atoms with E-state index in [-0.39, 0.29) is 47.0 Å². The van der Waals surface area contributed by atoms with Crippen molar-refractivity contribution < 1.29 is 24.0 Å². The molecule has 3 aliphatic carbocycles. The predicted octanol–water partition coefficient (Wildman–Crippen LogP) is 12.1. The summed E-state index contributed by atoms with van der Waals surface area (Å²) in [6, 6.07) is 28.3. The Kier molecular flexibility index (Phi) is 28.0. The number of carbonyl (C=O) groups excluding carboxylic acids is 5. The summed E-state index contributed by atoms with van der Waals surface area (Å²) >= 11 is 3.38. The van der Waals surface area contributed by atoms with Crippen molar-refractivity contribution in [2.75, 3.05) is 121 Å². The molecule has 3 saturated carbocycles. The first-order chi connectivity index (χ1) is 55.1. The van der Waals surface area contributed by atoms with E-state index in [0.29, 0.717) is 72.0 Å². The molecule has 606 valence electrons. The number of benzene rings is 3. The lowest BCUT2D eigenvalue weighted by Gasteiger charge is -2.38. The Morgan fingerprint density at radius 2 is 0.761 bits per heavy atom. The van der Waals surface area contributed by atoms with Crippen LogP contribution in [-0.4, -0.2) is 206 Å². The van der Waals surface area contributed by atoms with Gasteiger partial charge in [0.25, 0.3) is 17.7 Å². The molecular weight excluding hydrogens is 1490 g/mol. The lowest BCUT2D eigenvalue weighted by atomic mass is 9.88. The van der Waals surface area contributed by atoms with Gasteiger partial charge in [-0.15, -0.1) is 0 Å². The third-order valence-electron chi connectivity index (χ3n) is 25.7.